The average molecular weight is 333 g/mol. The number of oxazole rings is 1. The number of aryl methyl sites for hydroxylation is 1. The second-order valence-corrected chi connectivity index (χ2v) is 5.68. The van der Waals surface area contributed by atoms with E-state index in [2.05, 4.69) is 30.5 Å². The van der Waals surface area contributed by atoms with E-state index in [0.717, 1.165) is 22.3 Å². The Bertz CT molecular complexity index is 1290. The van der Waals surface area contributed by atoms with Gasteiger partial charge in [0.05, 0.1) is 23.1 Å². The summed E-state index contributed by atoms with van der Waals surface area (Å²) in [6.45, 7) is 1.83. The molecule has 9 heteroatoms. The van der Waals surface area contributed by atoms with Crippen molar-refractivity contribution < 1.29 is 4.42 Å². The van der Waals surface area contributed by atoms with Crippen LogP contribution in [0.15, 0.2) is 45.9 Å². The molecule has 0 radical (unpaired) electrons. The van der Waals surface area contributed by atoms with Gasteiger partial charge in [-0.25, -0.2) is 4.98 Å². The van der Waals surface area contributed by atoms with Gasteiger partial charge in [-0.15, -0.1) is 5.10 Å². The zero-order valence-corrected chi connectivity index (χ0v) is 13.0. The van der Waals surface area contributed by atoms with E-state index in [0.29, 0.717) is 22.8 Å². The van der Waals surface area contributed by atoms with Crippen molar-refractivity contribution in [2.75, 3.05) is 0 Å². The van der Waals surface area contributed by atoms with E-state index in [1.54, 1.807) is 12.5 Å². The van der Waals surface area contributed by atoms with Crippen LogP contribution in [0.1, 0.15) is 5.69 Å². The van der Waals surface area contributed by atoms with Crippen LogP contribution in [-0.4, -0.2) is 35.0 Å². The summed E-state index contributed by atoms with van der Waals surface area (Å²) in [4.78, 5) is 20.0. The Morgan fingerprint density at radius 2 is 2.16 bits per heavy atom. The summed E-state index contributed by atoms with van der Waals surface area (Å²) in [6, 6.07) is 7.09. The van der Waals surface area contributed by atoms with Crippen molar-refractivity contribution in [3.63, 3.8) is 0 Å². The zero-order chi connectivity index (χ0) is 17.0. The van der Waals surface area contributed by atoms with Gasteiger partial charge in [0.25, 0.3) is 5.56 Å². The summed E-state index contributed by atoms with van der Waals surface area (Å²) in [7, 11) is 0. The Morgan fingerprint density at radius 1 is 1.24 bits per heavy atom. The van der Waals surface area contributed by atoms with Crippen molar-refractivity contribution in [3.8, 4) is 22.7 Å². The van der Waals surface area contributed by atoms with Crippen LogP contribution < -0.4 is 5.56 Å². The maximum Gasteiger partial charge on any atom is 0.274 e. The molecule has 9 nitrogen and oxygen atoms in total. The Hall–Kier alpha value is -3.75. The van der Waals surface area contributed by atoms with E-state index >= 15 is 0 Å². The van der Waals surface area contributed by atoms with Gasteiger partial charge in [0.1, 0.15) is 17.3 Å². The molecule has 0 saturated carbocycles. The van der Waals surface area contributed by atoms with Crippen LogP contribution in [0.5, 0.6) is 0 Å². The third-order valence-corrected chi connectivity index (χ3v) is 3.99. The SMILES string of the molecule is Cc1coc(-c2cnn3c(=O)cc(-c4ccc5[nH]nnc5c4)[nH]c23)n1. The number of H-pyrrole nitrogens is 2. The van der Waals surface area contributed by atoms with Crippen LogP contribution in [0.2, 0.25) is 0 Å². The molecule has 5 rings (SSSR count). The van der Waals surface area contributed by atoms with E-state index in [4.69, 9.17) is 4.42 Å². The molecule has 0 aliphatic carbocycles. The minimum atomic E-state index is -0.251. The largest absolute Gasteiger partial charge is 0.444 e. The molecule has 0 amide bonds. The van der Waals surface area contributed by atoms with Crippen LogP contribution in [-0.2, 0) is 0 Å². The molecule has 1 aromatic carbocycles. The fourth-order valence-corrected chi connectivity index (χ4v) is 2.78. The average Bonchev–Trinajstić information content (AvgIpc) is 3.32. The molecule has 0 atom stereocenters. The first-order valence-electron chi connectivity index (χ1n) is 7.54. The monoisotopic (exact) mass is 333 g/mol. The predicted octanol–water partition coefficient (Wildman–Crippen LogP) is 1.92. The van der Waals surface area contributed by atoms with Gasteiger partial charge in [0, 0.05) is 11.6 Å². The minimum absolute atomic E-state index is 0.251. The maximum absolute atomic E-state index is 12.4. The number of fused-ring (bicyclic) bond motifs is 2. The molecule has 4 aromatic heterocycles. The Morgan fingerprint density at radius 3 is 3.00 bits per heavy atom. The normalized spacial score (nSPS) is 11.6. The topological polar surface area (TPSA) is 118 Å². The van der Waals surface area contributed by atoms with Crippen LogP contribution >= 0.6 is 0 Å². The lowest BCUT2D eigenvalue weighted by Crippen LogP contribution is -2.14. The van der Waals surface area contributed by atoms with Crippen LogP contribution in [0, 0.1) is 6.92 Å². The molecule has 122 valence electrons. The first kappa shape index (κ1) is 13.7. The Balaban J connectivity index is 1.75. The van der Waals surface area contributed by atoms with Crippen LogP contribution in [0.25, 0.3) is 39.4 Å². The Labute approximate surface area is 139 Å². The first-order valence-corrected chi connectivity index (χ1v) is 7.54. The number of benzene rings is 1. The standard InChI is InChI=1S/C16H11N7O2/c1-8-7-25-16(18-8)10-6-17-23-14(24)5-12(19-15(10)23)9-2-3-11-13(4-9)21-22-20-11/h2-7,19H,1H3,(H,20,21,22). The van der Waals surface area contributed by atoms with E-state index in [-0.39, 0.29) is 5.56 Å². The minimum Gasteiger partial charge on any atom is -0.444 e. The highest BCUT2D eigenvalue weighted by Crippen LogP contribution is 2.25. The predicted molar refractivity (Wildman–Crippen MR) is 88.9 cm³/mol. The van der Waals surface area contributed by atoms with Gasteiger partial charge < -0.3 is 9.40 Å². The fraction of sp³-hybridized carbons (Fsp3) is 0.0625. The van der Waals surface area contributed by atoms with Gasteiger partial charge >= 0.3 is 0 Å². The number of nitrogens with one attached hydrogen (secondary N) is 2. The molecule has 0 aliphatic heterocycles. The van der Waals surface area contributed by atoms with E-state index in [1.165, 1.54) is 10.6 Å². The summed E-state index contributed by atoms with van der Waals surface area (Å²) < 4.78 is 6.73. The number of hydrogen-bond donors (Lipinski definition) is 2. The van der Waals surface area contributed by atoms with E-state index < -0.39 is 0 Å². The Kier molecular flexibility index (Phi) is 2.66. The molecular weight excluding hydrogens is 322 g/mol. The van der Waals surface area contributed by atoms with Crippen LogP contribution in [0.4, 0.5) is 0 Å². The third kappa shape index (κ3) is 2.06. The van der Waals surface area contributed by atoms with Gasteiger partial charge in [-0.1, -0.05) is 11.3 Å². The lowest BCUT2D eigenvalue weighted by atomic mass is 10.1. The number of aromatic amines is 2. The lowest BCUT2D eigenvalue weighted by Gasteiger charge is -2.03. The molecule has 0 spiro atoms. The number of aromatic nitrogens is 7. The second-order valence-electron chi connectivity index (χ2n) is 5.68. The third-order valence-electron chi connectivity index (χ3n) is 3.99. The van der Waals surface area contributed by atoms with Crippen LogP contribution in [0.3, 0.4) is 0 Å². The van der Waals surface area contributed by atoms with Crippen molar-refractivity contribution >= 4 is 16.7 Å². The number of rotatable bonds is 2. The van der Waals surface area contributed by atoms with Gasteiger partial charge in [0.15, 0.2) is 5.65 Å². The van der Waals surface area contributed by atoms with Gasteiger partial charge in [-0.3, -0.25) is 9.89 Å². The van der Waals surface area contributed by atoms with Gasteiger partial charge in [-0.2, -0.15) is 9.61 Å². The molecule has 4 heterocycles. The molecule has 2 N–H and O–H groups in total. The molecular formula is C16H11N7O2. The highest BCUT2D eigenvalue weighted by molar-refractivity contribution is 5.81. The molecule has 0 fully saturated rings. The number of nitrogens with zero attached hydrogens (tertiary/aromatic N) is 5. The molecule has 0 unspecified atom stereocenters. The molecule has 0 aliphatic rings. The lowest BCUT2D eigenvalue weighted by molar-refractivity contribution is 0.574. The zero-order valence-electron chi connectivity index (χ0n) is 13.0. The van der Waals surface area contributed by atoms with Gasteiger partial charge in [-0.05, 0) is 19.1 Å². The van der Waals surface area contributed by atoms with E-state index in [1.807, 2.05) is 25.1 Å². The molecule has 5 aromatic rings. The highest BCUT2D eigenvalue weighted by Gasteiger charge is 2.15. The second kappa shape index (κ2) is 4.87. The first-order chi connectivity index (χ1) is 12.2. The maximum atomic E-state index is 12.4. The van der Waals surface area contributed by atoms with Crippen molar-refractivity contribution in [1.29, 1.82) is 0 Å². The summed E-state index contributed by atoms with van der Waals surface area (Å²) in [5.41, 5.74) is 4.65. The molecule has 0 saturated heterocycles. The van der Waals surface area contributed by atoms with Crippen molar-refractivity contribution in [2.45, 2.75) is 6.92 Å². The molecule has 0 bridgehead atoms. The summed E-state index contributed by atoms with van der Waals surface area (Å²) >= 11 is 0. The number of hydrogen-bond acceptors (Lipinski definition) is 6. The van der Waals surface area contributed by atoms with Crippen molar-refractivity contribution in [3.05, 3.63) is 52.8 Å². The van der Waals surface area contributed by atoms with Gasteiger partial charge in [0.2, 0.25) is 5.89 Å². The smallest absolute Gasteiger partial charge is 0.274 e. The van der Waals surface area contributed by atoms with E-state index in [9.17, 15) is 4.79 Å². The summed E-state index contributed by atoms with van der Waals surface area (Å²) in [5, 5.41) is 14.7. The molecule has 25 heavy (non-hydrogen) atoms. The summed E-state index contributed by atoms with van der Waals surface area (Å²) in [5.74, 6) is 0.409. The quantitative estimate of drug-likeness (QED) is 0.509. The fourth-order valence-electron chi connectivity index (χ4n) is 2.78. The highest BCUT2D eigenvalue weighted by atomic mass is 16.3. The van der Waals surface area contributed by atoms with Crippen molar-refractivity contribution in [2.24, 2.45) is 0 Å². The van der Waals surface area contributed by atoms with Crippen molar-refractivity contribution in [1.82, 2.24) is 35.0 Å². The summed E-state index contributed by atoms with van der Waals surface area (Å²) in [6.07, 6.45) is 3.11.